The van der Waals surface area contributed by atoms with E-state index in [0.29, 0.717) is 78.3 Å². The number of nitrogens with one attached hydrogen (secondary N) is 7. The van der Waals surface area contributed by atoms with Gasteiger partial charge in [-0.15, -0.1) is 0 Å². The lowest BCUT2D eigenvalue weighted by Crippen LogP contribution is -2.64. The molecule has 0 aliphatic heterocycles. The standard InChI is InChI=1S/C23H50N12O3/c1-20(36)34-23(17-25,18-29-13-11-27-8-3-7-24)19-30-14-12-28-15-16-32-22(38)6-2-5-21(37)31-9-4-10-33-35-26/h27-30H,2-19,24-25H2,1H3,(H,31,37)(H,32,38)(H,34,36)/t23-/m1/s1. The zero-order valence-electron chi connectivity index (χ0n) is 22.9. The molecule has 0 heterocycles. The Labute approximate surface area is 226 Å². The van der Waals surface area contributed by atoms with E-state index in [4.69, 9.17) is 17.0 Å². The molecule has 15 nitrogen and oxygen atoms in total. The Balaban J connectivity index is 3.92. The largest absolute Gasteiger partial charge is 0.356 e. The van der Waals surface area contributed by atoms with Gasteiger partial charge >= 0.3 is 0 Å². The van der Waals surface area contributed by atoms with Crippen LogP contribution in [0.15, 0.2) is 5.11 Å². The van der Waals surface area contributed by atoms with Gasteiger partial charge in [0, 0.05) is 96.7 Å². The van der Waals surface area contributed by atoms with Gasteiger partial charge in [-0.2, -0.15) is 0 Å². The Kier molecular flexibility index (Phi) is 23.2. The zero-order chi connectivity index (χ0) is 28.3. The Bertz CT molecular complexity index is 691. The van der Waals surface area contributed by atoms with Gasteiger partial charge in [0.25, 0.3) is 0 Å². The van der Waals surface area contributed by atoms with Crippen LogP contribution in [0.2, 0.25) is 0 Å². The summed E-state index contributed by atoms with van der Waals surface area (Å²) >= 11 is 0. The predicted octanol–water partition coefficient (Wildman–Crippen LogP) is -2.37. The van der Waals surface area contributed by atoms with Crippen LogP contribution in [0, 0.1) is 0 Å². The minimum absolute atomic E-state index is 0.0915. The molecule has 0 spiro atoms. The number of azide groups is 1. The summed E-state index contributed by atoms with van der Waals surface area (Å²) in [6, 6.07) is 0. The van der Waals surface area contributed by atoms with Crippen LogP contribution in [-0.2, 0) is 14.4 Å². The third-order valence-electron chi connectivity index (χ3n) is 5.53. The number of nitrogens with two attached hydrogens (primary N) is 2. The van der Waals surface area contributed by atoms with Crippen LogP contribution < -0.4 is 48.7 Å². The molecule has 0 aliphatic rings. The molecule has 3 amide bonds. The molecule has 220 valence electrons. The van der Waals surface area contributed by atoms with Gasteiger partial charge in [-0.25, -0.2) is 0 Å². The van der Waals surface area contributed by atoms with Gasteiger partial charge in [0.1, 0.15) is 0 Å². The van der Waals surface area contributed by atoms with Crippen molar-refractivity contribution in [1.82, 2.24) is 37.2 Å². The summed E-state index contributed by atoms with van der Waals surface area (Å²) in [7, 11) is 0. The van der Waals surface area contributed by atoms with E-state index in [1.165, 1.54) is 6.92 Å². The van der Waals surface area contributed by atoms with E-state index in [1.807, 2.05) is 0 Å². The molecule has 38 heavy (non-hydrogen) atoms. The fourth-order valence-corrected chi connectivity index (χ4v) is 3.50. The Morgan fingerprint density at radius 1 is 0.763 bits per heavy atom. The van der Waals surface area contributed by atoms with Crippen LogP contribution in [0.5, 0.6) is 0 Å². The molecule has 0 bridgehead atoms. The minimum atomic E-state index is -0.583. The summed E-state index contributed by atoms with van der Waals surface area (Å²) in [6.07, 6.45) is 2.57. The quantitative estimate of drug-likeness (QED) is 0.0245. The second kappa shape index (κ2) is 24.8. The molecule has 0 aliphatic carbocycles. The minimum Gasteiger partial charge on any atom is -0.356 e. The summed E-state index contributed by atoms with van der Waals surface area (Å²) in [5.74, 6) is -0.334. The Morgan fingerprint density at radius 2 is 1.32 bits per heavy atom. The molecule has 0 aromatic rings. The molecule has 0 aromatic carbocycles. The van der Waals surface area contributed by atoms with Crippen LogP contribution in [0.3, 0.4) is 0 Å². The lowest BCUT2D eigenvalue weighted by Gasteiger charge is -2.34. The summed E-state index contributed by atoms with van der Waals surface area (Å²) in [5.41, 5.74) is 19.1. The van der Waals surface area contributed by atoms with Crippen molar-refractivity contribution in [2.45, 2.75) is 44.6 Å². The average molecular weight is 543 g/mol. The van der Waals surface area contributed by atoms with Gasteiger partial charge in [0.15, 0.2) is 0 Å². The summed E-state index contributed by atoms with van der Waals surface area (Å²) in [6.45, 7) is 9.25. The highest BCUT2D eigenvalue weighted by Crippen LogP contribution is 2.00. The first-order chi connectivity index (χ1) is 18.4. The van der Waals surface area contributed by atoms with Crippen LogP contribution in [0.25, 0.3) is 10.4 Å². The molecule has 15 heteroatoms. The first-order valence-electron chi connectivity index (χ1n) is 13.4. The van der Waals surface area contributed by atoms with Gasteiger partial charge in [-0.1, -0.05) is 5.11 Å². The fourth-order valence-electron chi connectivity index (χ4n) is 3.50. The third-order valence-corrected chi connectivity index (χ3v) is 5.53. The van der Waals surface area contributed by atoms with E-state index in [-0.39, 0.29) is 30.6 Å². The number of nitrogens with zero attached hydrogens (tertiary/aromatic N) is 3. The smallest absolute Gasteiger partial charge is 0.220 e. The molecule has 0 rings (SSSR count). The van der Waals surface area contributed by atoms with Crippen molar-refractivity contribution in [2.75, 3.05) is 85.1 Å². The number of rotatable bonds is 26. The SMILES string of the molecule is CC(=O)N[C@](CN)(CNCCNCCCN)CNCCNCCNC(=O)CCCC(=O)NCCCN=[N+]=[N-]. The lowest BCUT2D eigenvalue weighted by molar-refractivity contribution is -0.123. The highest BCUT2D eigenvalue weighted by atomic mass is 16.2. The topological polar surface area (TPSA) is 236 Å². The van der Waals surface area contributed by atoms with Crippen molar-refractivity contribution >= 4 is 17.7 Å². The van der Waals surface area contributed by atoms with Crippen LogP contribution in [0.4, 0.5) is 0 Å². The molecule has 0 saturated carbocycles. The number of carbonyl (C=O) groups excluding carboxylic acids is 3. The Morgan fingerprint density at radius 3 is 1.87 bits per heavy atom. The maximum atomic E-state index is 11.9. The predicted molar refractivity (Wildman–Crippen MR) is 149 cm³/mol. The maximum Gasteiger partial charge on any atom is 0.220 e. The van der Waals surface area contributed by atoms with Gasteiger partial charge in [-0.3, -0.25) is 14.4 Å². The highest BCUT2D eigenvalue weighted by molar-refractivity contribution is 5.78. The van der Waals surface area contributed by atoms with Crippen LogP contribution in [0.1, 0.15) is 39.0 Å². The van der Waals surface area contributed by atoms with Gasteiger partial charge < -0.3 is 48.7 Å². The van der Waals surface area contributed by atoms with Gasteiger partial charge in [-0.05, 0) is 37.9 Å². The molecule has 0 aromatic heterocycles. The van der Waals surface area contributed by atoms with E-state index < -0.39 is 5.54 Å². The molecule has 0 saturated heterocycles. The van der Waals surface area contributed by atoms with Crippen molar-refractivity contribution < 1.29 is 14.4 Å². The summed E-state index contributed by atoms with van der Waals surface area (Å²) < 4.78 is 0. The molecule has 0 fully saturated rings. The first kappa shape index (κ1) is 35.5. The van der Waals surface area contributed by atoms with E-state index in [9.17, 15) is 14.4 Å². The van der Waals surface area contributed by atoms with Crippen LogP contribution in [-0.4, -0.2) is 108 Å². The number of carbonyl (C=O) groups is 3. The second-order valence-electron chi connectivity index (χ2n) is 9.02. The Hall–Kier alpha value is -2.52. The zero-order valence-corrected chi connectivity index (χ0v) is 22.9. The normalized spacial score (nSPS) is 12.3. The van der Waals surface area contributed by atoms with Gasteiger partial charge in [0.2, 0.25) is 17.7 Å². The summed E-state index contributed by atoms with van der Waals surface area (Å²) in [4.78, 5) is 38.0. The molecular formula is C23H50N12O3. The van der Waals surface area contributed by atoms with Crippen molar-refractivity contribution in [2.24, 2.45) is 16.6 Å². The first-order valence-corrected chi connectivity index (χ1v) is 13.4. The summed E-state index contributed by atoms with van der Waals surface area (Å²) in [5, 5.41) is 25.2. The lowest BCUT2D eigenvalue weighted by atomic mass is 9.99. The van der Waals surface area contributed by atoms with Crippen molar-refractivity contribution in [3.63, 3.8) is 0 Å². The van der Waals surface area contributed by atoms with E-state index in [0.717, 1.165) is 26.1 Å². The van der Waals surface area contributed by atoms with E-state index in [2.05, 4.69) is 47.2 Å². The second-order valence-corrected chi connectivity index (χ2v) is 9.02. The van der Waals surface area contributed by atoms with E-state index in [1.54, 1.807) is 0 Å². The fraction of sp³-hybridized carbons (Fsp3) is 0.870. The average Bonchev–Trinajstić information content (AvgIpc) is 2.89. The molecule has 0 radical (unpaired) electrons. The molecule has 0 unspecified atom stereocenters. The molecule has 1 atom stereocenters. The van der Waals surface area contributed by atoms with Gasteiger partial charge in [0.05, 0.1) is 5.54 Å². The van der Waals surface area contributed by atoms with Crippen molar-refractivity contribution in [3.05, 3.63) is 10.4 Å². The number of hydrogen-bond acceptors (Lipinski definition) is 10. The van der Waals surface area contributed by atoms with E-state index >= 15 is 0 Å². The van der Waals surface area contributed by atoms with Crippen molar-refractivity contribution in [3.8, 4) is 0 Å². The number of amides is 3. The maximum absolute atomic E-state index is 11.9. The van der Waals surface area contributed by atoms with Crippen molar-refractivity contribution in [1.29, 1.82) is 0 Å². The number of hydrogen-bond donors (Lipinski definition) is 9. The molecular weight excluding hydrogens is 492 g/mol. The van der Waals surface area contributed by atoms with Crippen LogP contribution >= 0.6 is 0 Å². The monoisotopic (exact) mass is 542 g/mol. The molecule has 11 N–H and O–H groups in total. The third kappa shape index (κ3) is 21.6. The highest BCUT2D eigenvalue weighted by Gasteiger charge is 2.28.